The smallest absolute Gasteiger partial charge is 0.0472 e. The molecule has 3 N–H and O–H groups in total. The summed E-state index contributed by atoms with van der Waals surface area (Å²) >= 11 is 1.68. The Kier molecular flexibility index (Phi) is 3.27. The van der Waals surface area contributed by atoms with Crippen LogP contribution in [0.1, 0.15) is 11.1 Å². The van der Waals surface area contributed by atoms with Crippen molar-refractivity contribution in [2.24, 2.45) is 0 Å². The lowest BCUT2D eigenvalue weighted by atomic mass is 10.0. The first kappa shape index (κ1) is 11.2. The first-order valence-electron chi connectivity index (χ1n) is 5.26. The van der Waals surface area contributed by atoms with Crippen LogP contribution in [-0.4, -0.2) is 11.7 Å². The van der Waals surface area contributed by atoms with Crippen LogP contribution < -0.4 is 5.73 Å². The Morgan fingerprint density at radius 2 is 2.19 bits per heavy atom. The van der Waals surface area contributed by atoms with Crippen molar-refractivity contribution in [3.8, 4) is 10.4 Å². The second kappa shape index (κ2) is 4.68. The summed E-state index contributed by atoms with van der Waals surface area (Å²) in [5.74, 6) is 0. The summed E-state index contributed by atoms with van der Waals surface area (Å²) < 4.78 is 0. The molecule has 1 heterocycles. The van der Waals surface area contributed by atoms with E-state index in [0.717, 1.165) is 16.8 Å². The maximum Gasteiger partial charge on any atom is 0.0472 e. The summed E-state index contributed by atoms with van der Waals surface area (Å²) in [6.07, 6.45) is 0.617. The fourth-order valence-corrected chi connectivity index (χ4v) is 2.59. The zero-order chi connectivity index (χ0) is 11.5. The third kappa shape index (κ3) is 2.10. The Balaban J connectivity index is 2.53. The number of aliphatic hydroxyl groups excluding tert-OH is 1. The normalized spacial score (nSPS) is 10.6. The van der Waals surface area contributed by atoms with Gasteiger partial charge in [0, 0.05) is 22.7 Å². The standard InChI is InChI=1S/C13H15NOS/c1-9-7-10(4-5-15)13(14)11(8-9)12-3-2-6-16-12/h2-3,6-8,15H,4-5,14H2,1H3. The molecule has 0 atom stereocenters. The number of hydrogen-bond acceptors (Lipinski definition) is 3. The lowest BCUT2D eigenvalue weighted by Crippen LogP contribution is -2.00. The van der Waals surface area contributed by atoms with Crippen LogP contribution in [-0.2, 0) is 6.42 Å². The molecule has 16 heavy (non-hydrogen) atoms. The van der Waals surface area contributed by atoms with E-state index in [1.807, 2.05) is 17.5 Å². The molecule has 2 aromatic rings. The molecule has 0 fully saturated rings. The first-order valence-corrected chi connectivity index (χ1v) is 6.14. The molecule has 1 aromatic heterocycles. The van der Waals surface area contributed by atoms with Gasteiger partial charge in [-0.15, -0.1) is 11.3 Å². The van der Waals surface area contributed by atoms with Gasteiger partial charge in [0.25, 0.3) is 0 Å². The van der Waals surface area contributed by atoms with Gasteiger partial charge in [0.1, 0.15) is 0 Å². The van der Waals surface area contributed by atoms with E-state index in [0.29, 0.717) is 6.42 Å². The van der Waals surface area contributed by atoms with Crippen molar-refractivity contribution < 1.29 is 5.11 Å². The molecule has 0 saturated carbocycles. The van der Waals surface area contributed by atoms with Crippen LogP contribution in [0, 0.1) is 6.92 Å². The minimum atomic E-state index is 0.136. The van der Waals surface area contributed by atoms with E-state index in [1.54, 1.807) is 11.3 Å². The van der Waals surface area contributed by atoms with Gasteiger partial charge >= 0.3 is 0 Å². The van der Waals surface area contributed by atoms with Gasteiger partial charge in [0.15, 0.2) is 0 Å². The van der Waals surface area contributed by atoms with E-state index >= 15 is 0 Å². The Morgan fingerprint density at radius 1 is 1.38 bits per heavy atom. The van der Waals surface area contributed by atoms with Crippen LogP contribution in [0.3, 0.4) is 0 Å². The van der Waals surface area contributed by atoms with Crippen LogP contribution >= 0.6 is 11.3 Å². The molecule has 0 bridgehead atoms. The van der Waals surface area contributed by atoms with Gasteiger partial charge in [-0.3, -0.25) is 0 Å². The predicted octanol–water partition coefficient (Wildman–Crippen LogP) is 2.84. The second-order valence-electron chi connectivity index (χ2n) is 3.84. The summed E-state index contributed by atoms with van der Waals surface area (Å²) in [5, 5.41) is 11.0. The number of hydrogen-bond donors (Lipinski definition) is 2. The van der Waals surface area contributed by atoms with Crippen molar-refractivity contribution in [2.75, 3.05) is 12.3 Å². The Bertz CT molecular complexity index is 477. The van der Waals surface area contributed by atoms with Gasteiger partial charge in [-0.05, 0) is 36.4 Å². The number of benzene rings is 1. The number of nitrogens with two attached hydrogens (primary N) is 1. The van der Waals surface area contributed by atoms with Gasteiger partial charge in [0.05, 0.1) is 0 Å². The maximum absolute atomic E-state index is 9.00. The van der Waals surface area contributed by atoms with Gasteiger partial charge in [-0.25, -0.2) is 0 Å². The van der Waals surface area contributed by atoms with Crippen molar-refractivity contribution in [3.63, 3.8) is 0 Å². The van der Waals surface area contributed by atoms with Crippen LogP contribution in [0.5, 0.6) is 0 Å². The van der Waals surface area contributed by atoms with Crippen molar-refractivity contribution in [2.45, 2.75) is 13.3 Å². The van der Waals surface area contributed by atoms with Crippen molar-refractivity contribution >= 4 is 17.0 Å². The van der Waals surface area contributed by atoms with Crippen LogP contribution in [0.2, 0.25) is 0 Å². The van der Waals surface area contributed by atoms with Crippen LogP contribution in [0.15, 0.2) is 29.6 Å². The minimum Gasteiger partial charge on any atom is -0.398 e. The molecule has 0 unspecified atom stereocenters. The monoisotopic (exact) mass is 233 g/mol. The molecule has 84 valence electrons. The highest BCUT2D eigenvalue weighted by Gasteiger charge is 2.09. The summed E-state index contributed by atoms with van der Waals surface area (Å²) in [6, 6.07) is 8.23. The topological polar surface area (TPSA) is 46.2 Å². The van der Waals surface area contributed by atoms with Crippen molar-refractivity contribution in [1.29, 1.82) is 0 Å². The average Bonchev–Trinajstić information content (AvgIpc) is 2.76. The van der Waals surface area contributed by atoms with E-state index in [4.69, 9.17) is 10.8 Å². The third-order valence-electron chi connectivity index (χ3n) is 2.58. The van der Waals surface area contributed by atoms with E-state index < -0.39 is 0 Å². The fourth-order valence-electron chi connectivity index (χ4n) is 1.84. The van der Waals surface area contributed by atoms with E-state index in [9.17, 15) is 0 Å². The molecule has 0 aliphatic carbocycles. The number of aliphatic hydroxyl groups is 1. The van der Waals surface area contributed by atoms with Crippen LogP contribution in [0.4, 0.5) is 5.69 Å². The highest BCUT2D eigenvalue weighted by Crippen LogP contribution is 2.33. The molecule has 0 saturated heterocycles. The first-order chi connectivity index (χ1) is 7.72. The second-order valence-corrected chi connectivity index (χ2v) is 4.78. The lowest BCUT2D eigenvalue weighted by Gasteiger charge is -2.11. The Morgan fingerprint density at radius 3 is 2.81 bits per heavy atom. The Labute approximate surface area is 99.4 Å². The van der Waals surface area contributed by atoms with Crippen molar-refractivity contribution in [3.05, 3.63) is 40.8 Å². The average molecular weight is 233 g/mol. The van der Waals surface area contributed by atoms with Gasteiger partial charge in [-0.2, -0.15) is 0 Å². The minimum absolute atomic E-state index is 0.136. The summed E-state index contributed by atoms with van der Waals surface area (Å²) in [6.45, 7) is 2.19. The number of aryl methyl sites for hydroxylation is 1. The maximum atomic E-state index is 9.00. The number of nitrogen functional groups attached to an aromatic ring is 1. The van der Waals surface area contributed by atoms with Gasteiger partial charge in [-0.1, -0.05) is 17.7 Å². The molecule has 0 aliphatic rings. The highest BCUT2D eigenvalue weighted by atomic mass is 32.1. The molecule has 2 nitrogen and oxygen atoms in total. The van der Waals surface area contributed by atoms with Crippen molar-refractivity contribution in [1.82, 2.24) is 0 Å². The molecular weight excluding hydrogens is 218 g/mol. The zero-order valence-electron chi connectivity index (χ0n) is 9.23. The van der Waals surface area contributed by atoms with E-state index in [1.165, 1.54) is 10.4 Å². The molecule has 3 heteroatoms. The number of thiophene rings is 1. The summed E-state index contributed by atoms with van der Waals surface area (Å²) in [7, 11) is 0. The van der Waals surface area contributed by atoms with E-state index in [-0.39, 0.29) is 6.61 Å². The predicted molar refractivity (Wildman–Crippen MR) is 69.7 cm³/mol. The van der Waals surface area contributed by atoms with Gasteiger partial charge < -0.3 is 10.8 Å². The molecule has 0 amide bonds. The Hall–Kier alpha value is -1.32. The number of rotatable bonds is 3. The fraction of sp³-hybridized carbons (Fsp3) is 0.231. The molecule has 0 radical (unpaired) electrons. The van der Waals surface area contributed by atoms with Crippen LogP contribution in [0.25, 0.3) is 10.4 Å². The SMILES string of the molecule is Cc1cc(CCO)c(N)c(-c2cccs2)c1. The zero-order valence-corrected chi connectivity index (χ0v) is 10.1. The third-order valence-corrected chi connectivity index (χ3v) is 3.48. The molecule has 0 aliphatic heterocycles. The summed E-state index contributed by atoms with van der Waals surface area (Å²) in [4.78, 5) is 1.18. The largest absolute Gasteiger partial charge is 0.398 e. The lowest BCUT2D eigenvalue weighted by molar-refractivity contribution is 0.300. The quantitative estimate of drug-likeness (QED) is 0.801. The highest BCUT2D eigenvalue weighted by molar-refractivity contribution is 7.13. The molecule has 2 rings (SSSR count). The summed E-state index contributed by atoms with van der Waals surface area (Å²) in [5.41, 5.74) is 10.2. The van der Waals surface area contributed by atoms with E-state index in [2.05, 4.69) is 19.1 Å². The van der Waals surface area contributed by atoms with Gasteiger partial charge in [0.2, 0.25) is 0 Å². The molecule has 1 aromatic carbocycles. The molecule has 0 spiro atoms. The number of anilines is 1. The molecular formula is C13H15NOS.